The Morgan fingerprint density at radius 2 is 2.00 bits per heavy atom. The van der Waals surface area contributed by atoms with E-state index >= 15 is 0 Å². The predicted octanol–water partition coefficient (Wildman–Crippen LogP) is 2.91. The fraction of sp³-hybridized carbons (Fsp3) is 0.625. The molecule has 0 aromatic heterocycles. The molecule has 0 unspecified atom stereocenters. The molecule has 53 valence electrons. The van der Waals surface area contributed by atoms with Crippen LogP contribution in [-0.2, 0) is 0 Å². The van der Waals surface area contributed by atoms with Crippen LogP contribution < -0.4 is 0 Å². The summed E-state index contributed by atoms with van der Waals surface area (Å²) in [6.45, 7) is 3.38. The number of rotatable bonds is 5. The Kier molecular flexibility index (Phi) is 7.39. The lowest BCUT2D eigenvalue weighted by Gasteiger charge is -1.89. The molecule has 1 heteroatoms. The molecule has 0 amide bonds. The Bertz CT molecular complexity index is 67.0. The topological polar surface area (TPSA) is 0 Å². The Morgan fingerprint density at radius 3 is 2.56 bits per heavy atom. The lowest BCUT2D eigenvalue weighted by molar-refractivity contribution is 0.560. The summed E-state index contributed by atoms with van der Waals surface area (Å²) in [5, 5.41) is 0. The van der Waals surface area contributed by atoms with Crippen molar-refractivity contribution in [2.45, 2.75) is 25.7 Å². The van der Waals surface area contributed by atoms with Gasteiger partial charge in [0, 0.05) is 0 Å². The SMILES string of the molecule is [CH2]CCCC/C=C/CF. The average molecular weight is 129 g/mol. The third-order valence-electron chi connectivity index (χ3n) is 1.13. The first-order valence-electron chi connectivity index (χ1n) is 3.42. The lowest BCUT2D eigenvalue weighted by Crippen LogP contribution is -1.71. The third kappa shape index (κ3) is 7.67. The highest BCUT2D eigenvalue weighted by Crippen LogP contribution is 1.98. The van der Waals surface area contributed by atoms with E-state index < -0.39 is 0 Å². The summed E-state index contributed by atoms with van der Waals surface area (Å²) in [4.78, 5) is 0. The molecule has 0 spiro atoms. The van der Waals surface area contributed by atoms with E-state index in [1.807, 2.05) is 6.08 Å². The monoisotopic (exact) mass is 129 g/mol. The van der Waals surface area contributed by atoms with Gasteiger partial charge in [-0.1, -0.05) is 31.9 Å². The fourth-order valence-corrected chi connectivity index (χ4v) is 0.620. The van der Waals surface area contributed by atoms with E-state index in [0.717, 1.165) is 25.7 Å². The van der Waals surface area contributed by atoms with Gasteiger partial charge in [-0.25, -0.2) is 4.39 Å². The zero-order valence-corrected chi connectivity index (χ0v) is 5.78. The van der Waals surface area contributed by atoms with Crippen LogP contribution in [-0.4, -0.2) is 6.67 Å². The Hall–Kier alpha value is -0.330. The van der Waals surface area contributed by atoms with Gasteiger partial charge in [-0.15, -0.1) is 0 Å². The molecule has 9 heavy (non-hydrogen) atoms. The van der Waals surface area contributed by atoms with Gasteiger partial charge in [0.15, 0.2) is 0 Å². The van der Waals surface area contributed by atoms with Crippen LogP contribution in [0.4, 0.5) is 4.39 Å². The van der Waals surface area contributed by atoms with E-state index in [-0.39, 0.29) is 6.67 Å². The number of hydrogen-bond acceptors (Lipinski definition) is 0. The second-order valence-corrected chi connectivity index (χ2v) is 1.98. The van der Waals surface area contributed by atoms with Gasteiger partial charge in [0.05, 0.1) is 0 Å². The summed E-state index contributed by atoms with van der Waals surface area (Å²) in [7, 11) is 0. The van der Waals surface area contributed by atoms with Crippen molar-refractivity contribution in [2.24, 2.45) is 0 Å². The molecule has 0 bridgehead atoms. The van der Waals surface area contributed by atoms with Crippen molar-refractivity contribution in [2.75, 3.05) is 6.67 Å². The van der Waals surface area contributed by atoms with Crippen LogP contribution >= 0.6 is 0 Å². The number of allylic oxidation sites excluding steroid dienone is 2. The molecule has 0 rings (SSSR count). The normalized spacial score (nSPS) is 10.9. The highest BCUT2D eigenvalue weighted by atomic mass is 19.1. The van der Waals surface area contributed by atoms with Crippen LogP contribution in [0.2, 0.25) is 0 Å². The first-order valence-corrected chi connectivity index (χ1v) is 3.42. The number of hydrogen-bond donors (Lipinski definition) is 0. The first kappa shape index (κ1) is 8.67. The van der Waals surface area contributed by atoms with E-state index in [2.05, 4.69) is 6.92 Å². The maximum Gasteiger partial charge on any atom is 0.108 e. The van der Waals surface area contributed by atoms with Crippen molar-refractivity contribution >= 4 is 0 Å². The zero-order chi connectivity index (χ0) is 6.95. The van der Waals surface area contributed by atoms with Crippen molar-refractivity contribution in [1.29, 1.82) is 0 Å². The average Bonchev–Trinajstić information content (AvgIpc) is 1.89. The molecular formula is C8H14F. The molecule has 0 aromatic carbocycles. The van der Waals surface area contributed by atoms with Gasteiger partial charge >= 0.3 is 0 Å². The molecule has 0 aromatic rings. The van der Waals surface area contributed by atoms with Crippen molar-refractivity contribution in [1.82, 2.24) is 0 Å². The number of halogens is 1. The van der Waals surface area contributed by atoms with Gasteiger partial charge in [0.1, 0.15) is 6.67 Å². The molecule has 0 saturated heterocycles. The molecule has 0 nitrogen and oxygen atoms in total. The summed E-state index contributed by atoms with van der Waals surface area (Å²) in [5.74, 6) is 0. The van der Waals surface area contributed by atoms with Gasteiger partial charge < -0.3 is 0 Å². The minimum Gasteiger partial charge on any atom is -0.247 e. The summed E-state index contributed by atoms with van der Waals surface area (Å²) >= 11 is 0. The van der Waals surface area contributed by atoms with E-state index in [4.69, 9.17) is 0 Å². The maximum atomic E-state index is 11.4. The van der Waals surface area contributed by atoms with Crippen LogP contribution in [0.3, 0.4) is 0 Å². The van der Waals surface area contributed by atoms with Gasteiger partial charge in [-0.05, 0) is 12.8 Å². The molecule has 1 radical (unpaired) electrons. The maximum absolute atomic E-state index is 11.4. The molecular weight excluding hydrogens is 115 g/mol. The molecule has 0 N–H and O–H groups in total. The van der Waals surface area contributed by atoms with Gasteiger partial charge in [-0.2, -0.15) is 0 Å². The number of unbranched alkanes of at least 4 members (excludes halogenated alkanes) is 3. The smallest absolute Gasteiger partial charge is 0.108 e. The van der Waals surface area contributed by atoms with E-state index in [1.54, 1.807) is 6.08 Å². The molecule has 0 aliphatic carbocycles. The van der Waals surface area contributed by atoms with Crippen LogP contribution in [0, 0.1) is 6.92 Å². The van der Waals surface area contributed by atoms with E-state index in [9.17, 15) is 4.39 Å². The van der Waals surface area contributed by atoms with Gasteiger partial charge in [0.2, 0.25) is 0 Å². The van der Waals surface area contributed by atoms with Crippen molar-refractivity contribution in [3.8, 4) is 0 Å². The standard InChI is InChI=1S/C8H14F/c1-2-3-4-5-6-7-8-9/h6-7H,1-5,8H2/b7-6+. The van der Waals surface area contributed by atoms with Crippen LogP contribution in [0.25, 0.3) is 0 Å². The third-order valence-corrected chi connectivity index (χ3v) is 1.13. The van der Waals surface area contributed by atoms with Crippen LogP contribution in [0.1, 0.15) is 25.7 Å². The Morgan fingerprint density at radius 1 is 1.22 bits per heavy atom. The summed E-state index contributed by atoms with van der Waals surface area (Å²) in [6.07, 6.45) is 7.72. The quantitative estimate of drug-likeness (QED) is 0.395. The van der Waals surface area contributed by atoms with Gasteiger partial charge in [0.25, 0.3) is 0 Å². The molecule has 0 aliphatic heterocycles. The van der Waals surface area contributed by atoms with E-state index in [1.165, 1.54) is 0 Å². The minimum absolute atomic E-state index is 0.329. The summed E-state index contributed by atoms with van der Waals surface area (Å²) in [5.41, 5.74) is 0. The van der Waals surface area contributed by atoms with Crippen molar-refractivity contribution < 1.29 is 4.39 Å². The second kappa shape index (κ2) is 7.67. The predicted molar refractivity (Wildman–Crippen MR) is 38.9 cm³/mol. The largest absolute Gasteiger partial charge is 0.247 e. The van der Waals surface area contributed by atoms with E-state index in [0.29, 0.717) is 0 Å². The molecule has 0 aliphatic rings. The summed E-state index contributed by atoms with van der Waals surface area (Å²) in [6, 6.07) is 0. The molecule has 0 fully saturated rings. The highest BCUT2D eigenvalue weighted by Gasteiger charge is 1.79. The Labute approximate surface area is 56.8 Å². The van der Waals surface area contributed by atoms with Crippen molar-refractivity contribution in [3.05, 3.63) is 19.1 Å². The van der Waals surface area contributed by atoms with Crippen LogP contribution in [0.15, 0.2) is 12.2 Å². The van der Waals surface area contributed by atoms with Gasteiger partial charge in [-0.3, -0.25) is 0 Å². The fourth-order valence-electron chi connectivity index (χ4n) is 0.620. The molecule has 0 atom stereocenters. The number of alkyl halides is 1. The van der Waals surface area contributed by atoms with Crippen LogP contribution in [0.5, 0.6) is 0 Å². The second-order valence-electron chi connectivity index (χ2n) is 1.98. The zero-order valence-electron chi connectivity index (χ0n) is 5.78. The molecule has 0 saturated carbocycles. The lowest BCUT2D eigenvalue weighted by atomic mass is 10.2. The molecule has 0 heterocycles. The highest BCUT2D eigenvalue weighted by molar-refractivity contribution is 4.80. The summed E-state index contributed by atoms with van der Waals surface area (Å²) < 4.78 is 11.4. The first-order chi connectivity index (χ1) is 4.41. The minimum atomic E-state index is -0.329. The van der Waals surface area contributed by atoms with Crippen molar-refractivity contribution in [3.63, 3.8) is 0 Å². The Balaban J connectivity index is 2.82.